The molecule has 0 saturated carbocycles. The van der Waals surface area contributed by atoms with Crippen molar-refractivity contribution in [3.63, 3.8) is 0 Å². The molecule has 160 valence electrons. The molecule has 2 atom stereocenters. The fourth-order valence-corrected chi connectivity index (χ4v) is 2.93. The van der Waals surface area contributed by atoms with E-state index in [1.165, 1.54) is 7.11 Å². The number of carbonyl (C=O) groups excluding carboxylic acids is 3. The first-order chi connectivity index (χ1) is 13.8. The second-order valence-electron chi connectivity index (χ2n) is 6.69. The number of hydrogen-bond acceptors (Lipinski definition) is 5. The van der Waals surface area contributed by atoms with Crippen LogP contribution in [0.5, 0.6) is 0 Å². The Morgan fingerprint density at radius 2 is 1.86 bits per heavy atom. The molecule has 0 spiro atoms. The molecule has 0 aliphatic heterocycles. The summed E-state index contributed by atoms with van der Waals surface area (Å²) in [5.41, 5.74) is 2.82. The third-order valence-corrected chi connectivity index (χ3v) is 4.90. The molecule has 1 rings (SSSR count). The number of alkyl halides is 1. The number of benzene rings is 1. The predicted molar refractivity (Wildman–Crippen MR) is 118 cm³/mol. The van der Waals surface area contributed by atoms with Gasteiger partial charge in [-0.2, -0.15) is 0 Å². The zero-order chi connectivity index (χ0) is 21.8. The number of ether oxygens (including phenoxy) is 1. The summed E-state index contributed by atoms with van der Waals surface area (Å²) in [6.45, 7) is 1.56. The number of rotatable bonds is 11. The first-order valence-corrected chi connectivity index (χ1v) is 10.7. The second-order valence-corrected chi connectivity index (χ2v) is 7.25. The quantitative estimate of drug-likeness (QED) is 0.128. The lowest BCUT2D eigenvalue weighted by molar-refractivity contribution is -0.140. The smallest absolute Gasteiger partial charge is 0.317 e. The molecule has 0 aliphatic rings. The molecule has 0 saturated heterocycles. The van der Waals surface area contributed by atoms with Crippen molar-refractivity contribution in [2.24, 2.45) is 0 Å². The van der Waals surface area contributed by atoms with Gasteiger partial charge in [-0.25, -0.2) is 4.79 Å². The lowest BCUT2D eigenvalue weighted by atomic mass is 9.95. The van der Waals surface area contributed by atoms with Gasteiger partial charge in [-0.3, -0.25) is 9.59 Å². The maximum atomic E-state index is 12.4. The van der Waals surface area contributed by atoms with Crippen molar-refractivity contribution in [3.05, 3.63) is 29.3 Å². The minimum atomic E-state index is -1.06. The number of aliphatic hydroxyl groups excluding tert-OH is 1. The lowest BCUT2D eigenvalue weighted by Gasteiger charge is -2.18. The van der Waals surface area contributed by atoms with Crippen LogP contribution in [-0.2, 0) is 26.0 Å². The monoisotopic (exact) mass is 469 g/mol. The SMILES string of the molecule is BCc1cc(CBr)cc(NC(=O)[C@H](C)NC(=O)NC(O)CCCCC(=O)OC)c1. The zero-order valence-electron chi connectivity index (χ0n) is 17.1. The first kappa shape index (κ1) is 25.0. The van der Waals surface area contributed by atoms with Crippen molar-refractivity contribution < 1.29 is 24.2 Å². The van der Waals surface area contributed by atoms with Crippen LogP contribution < -0.4 is 16.0 Å². The van der Waals surface area contributed by atoms with Crippen LogP contribution in [0.3, 0.4) is 0 Å². The van der Waals surface area contributed by atoms with E-state index in [1.54, 1.807) is 6.92 Å². The maximum absolute atomic E-state index is 12.4. The van der Waals surface area contributed by atoms with Crippen molar-refractivity contribution in [1.82, 2.24) is 10.6 Å². The molecular weight excluding hydrogens is 441 g/mol. The van der Waals surface area contributed by atoms with Crippen molar-refractivity contribution in [2.75, 3.05) is 12.4 Å². The molecule has 0 aliphatic carbocycles. The third kappa shape index (κ3) is 9.80. The number of methoxy groups -OCH3 is 1. The van der Waals surface area contributed by atoms with E-state index in [9.17, 15) is 19.5 Å². The van der Waals surface area contributed by atoms with Crippen molar-refractivity contribution >= 4 is 47.4 Å². The van der Waals surface area contributed by atoms with E-state index in [4.69, 9.17) is 0 Å². The van der Waals surface area contributed by atoms with E-state index in [0.717, 1.165) is 17.4 Å². The number of carbonyl (C=O) groups is 3. The van der Waals surface area contributed by atoms with E-state index < -0.39 is 18.3 Å². The standard InChI is InChI=1S/C19H29BBrN3O5/c1-12(18(27)23-15-8-13(10-20)7-14(9-15)11-21)22-19(28)24-16(25)5-3-4-6-17(26)29-2/h7-9,12,16,25H,3-6,10-11,20H2,1-2H3,(H,23,27)(H2,22,24,28)/t12-,16?/m0/s1. The molecule has 8 nitrogen and oxygen atoms in total. The van der Waals surface area contributed by atoms with Crippen LogP contribution in [0.1, 0.15) is 43.7 Å². The summed E-state index contributed by atoms with van der Waals surface area (Å²) in [5.74, 6) is -0.667. The molecular formula is C19H29BBrN3O5. The molecule has 0 fully saturated rings. The number of aliphatic hydroxyl groups is 1. The minimum absolute atomic E-state index is 0.267. The molecule has 3 amide bonds. The molecule has 0 bridgehead atoms. The summed E-state index contributed by atoms with van der Waals surface area (Å²) in [4.78, 5) is 35.3. The molecule has 1 aromatic rings. The van der Waals surface area contributed by atoms with Crippen molar-refractivity contribution in [1.29, 1.82) is 0 Å². The van der Waals surface area contributed by atoms with Gasteiger partial charge in [-0.05, 0) is 43.9 Å². The molecule has 4 N–H and O–H groups in total. The molecule has 10 heteroatoms. The molecule has 1 unspecified atom stereocenters. The Hall–Kier alpha value is -2.07. The number of hydrogen-bond donors (Lipinski definition) is 4. The summed E-state index contributed by atoms with van der Waals surface area (Å²) in [6, 6.07) is 4.40. The van der Waals surface area contributed by atoms with Gasteiger partial charge in [-0.1, -0.05) is 33.9 Å². The van der Waals surface area contributed by atoms with E-state index >= 15 is 0 Å². The van der Waals surface area contributed by atoms with Gasteiger partial charge in [-0.15, -0.1) is 0 Å². The summed E-state index contributed by atoms with van der Waals surface area (Å²) in [5, 5.41) is 18.2. The largest absolute Gasteiger partial charge is 0.469 e. The highest BCUT2D eigenvalue weighted by atomic mass is 79.9. The Morgan fingerprint density at radius 1 is 1.17 bits per heavy atom. The Kier molecular flexibility index (Phi) is 11.4. The molecule has 29 heavy (non-hydrogen) atoms. The van der Waals surface area contributed by atoms with Gasteiger partial charge in [0.15, 0.2) is 0 Å². The number of nitrogens with one attached hydrogen (secondary N) is 3. The number of esters is 1. The third-order valence-electron chi connectivity index (χ3n) is 4.26. The van der Waals surface area contributed by atoms with Crippen LogP contribution in [-0.4, -0.2) is 50.2 Å². The Morgan fingerprint density at radius 3 is 2.48 bits per heavy atom. The molecule has 1 aromatic carbocycles. The summed E-state index contributed by atoms with van der Waals surface area (Å²) < 4.78 is 4.53. The first-order valence-electron chi connectivity index (χ1n) is 9.60. The van der Waals surface area contributed by atoms with Crippen LogP contribution in [0.2, 0.25) is 0 Å². The molecule has 0 aromatic heterocycles. The Bertz CT molecular complexity index is 682. The van der Waals surface area contributed by atoms with Gasteiger partial charge in [0, 0.05) is 17.4 Å². The van der Waals surface area contributed by atoms with Gasteiger partial charge >= 0.3 is 12.0 Å². The Labute approximate surface area is 180 Å². The van der Waals surface area contributed by atoms with E-state index in [1.807, 2.05) is 20.0 Å². The van der Waals surface area contributed by atoms with Crippen LogP contribution in [0.25, 0.3) is 0 Å². The van der Waals surface area contributed by atoms with Crippen LogP contribution in [0, 0.1) is 0 Å². The number of urea groups is 1. The van der Waals surface area contributed by atoms with E-state index in [2.05, 4.69) is 42.7 Å². The van der Waals surface area contributed by atoms with Crippen LogP contribution in [0.4, 0.5) is 10.5 Å². The topological polar surface area (TPSA) is 117 Å². The van der Waals surface area contributed by atoms with Gasteiger partial charge in [0.25, 0.3) is 0 Å². The maximum Gasteiger partial charge on any atom is 0.317 e. The van der Waals surface area contributed by atoms with Gasteiger partial charge < -0.3 is 25.8 Å². The fourth-order valence-electron chi connectivity index (χ4n) is 2.60. The predicted octanol–water partition coefficient (Wildman–Crippen LogP) is 1.39. The average Bonchev–Trinajstić information content (AvgIpc) is 2.70. The Balaban J connectivity index is 2.44. The van der Waals surface area contributed by atoms with Crippen molar-refractivity contribution in [3.8, 4) is 0 Å². The van der Waals surface area contributed by atoms with Crippen molar-refractivity contribution in [2.45, 2.75) is 56.5 Å². The highest BCUT2D eigenvalue weighted by Crippen LogP contribution is 2.17. The van der Waals surface area contributed by atoms with Gasteiger partial charge in [0.05, 0.1) is 7.11 Å². The highest BCUT2D eigenvalue weighted by Gasteiger charge is 2.17. The van der Waals surface area contributed by atoms with Crippen LogP contribution >= 0.6 is 15.9 Å². The summed E-state index contributed by atoms with van der Waals surface area (Å²) in [7, 11) is 3.36. The zero-order valence-corrected chi connectivity index (χ0v) is 18.7. The summed E-state index contributed by atoms with van der Waals surface area (Å²) >= 11 is 3.41. The van der Waals surface area contributed by atoms with Gasteiger partial charge in [0.1, 0.15) is 20.1 Å². The lowest BCUT2D eigenvalue weighted by Crippen LogP contribution is -2.49. The fraction of sp³-hybridized carbons (Fsp3) is 0.526. The number of anilines is 1. The second kappa shape index (κ2) is 13.2. The number of unbranched alkanes of at least 4 members (excludes halogenated alkanes) is 1. The molecule has 0 radical (unpaired) electrons. The normalized spacial score (nSPS) is 12.6. The highest BCUT2D eigenvalue weighted by molar-refractivity contribution is 9.08. The number of amides is 3. The average molecular weight is 470 g/mol. The molecule has 0 heterocycles. The van der Waals surface area contributed by atoms with Crippen LogP contribution in [0.15, 0.2) is 18.2 Å². The summed E-state index contributed by atoms with van der Waals surface area (Å²) in [6.07, 6.45) is 1.45. The van der Waals surface area contributed by atoms with E-state index in [0.29, 0.717) is 30.3 Å². The minimum Gasteiger partial charge on any atom is -0.469 e. The van der Waals surface area contributed by atoms with Gasteiger partial charge in [0.2, 0.25) is 5.91 Å². The van der Waals surface area contributed by atoms with E-state index in [-0.39, 0.29) is 18.3 Å². The number of halogens is 1.